The number of hydrogen-bond donors (Lipinski definition) is 3. The van der Waals surface area contributed by atoms with Gasteiger partial charge in [-0.25, -0.2) is 14.8 Å². The predicted molar refractivity (Wildman–Crippen MR) is 131 cm³/mol. The fraction of sp³-hybridized carbons (Fsp3) is 0.320. The number of nitrogen functional groups attached to an aromatic ring is 1. The summed E-state index contributed by atoms with van der Waals surface area (Å²) >= 11 is 0. The zero-order chi connectivity index (χ0) is 23.9. The Labute approximate surface area is 197 Å². The van der Waals surface area contributed by atoms with Gasteiger partial charge in [-0.2, -0.15) is 0 Å². The fourth-order valence-electron chi connectivity index (χ4n) is 3.98. The van der Waals surface area contributed by atoms with E-state index < -0.39 is 6.09 Å². The van der Waals surface area contributed by atoms with Crippen molar-refractivity contribution in [3.05, 3.63) is 59.9 Å². The van der Waals surface area contributed by atoms with Crippen LogP contribution in [0, 0.1) is 0 Å². The summed E-state index contributed by atoms with van der Waals surface area (Å²) in [6.45, 7) is 2.09. The van der Waals surface area contributed by atoms with E-state index in [2.05, 4.69) is 14.9 Å². The SMILES string of the molecule is COCCc1nc2c(N)nc3cc(OCc4ccccc4)ccc3c2n1CCCCNC(=O)O. The number of nitrogens with one attached hydrogen (secondary N) is 1. The van der Waals surface area contributed by atoms with E-state index in [0.717, 1.165) is 34.2 Å². The summed E-state index contributed by atoms with van der Waals surface area (Å²) in [6, 6.07) is 15.8. The van der Waals surface area contributed by atoms with Gasteiger partial charge in [-0.3, -0.25) is 0 Å². The molecule has 0 unspecified atom stereocenters. The third-order valence-corrected chi connectivity index (χ3v) is 5.62. The van der Waals surface area contributed by atoms with Gasteiger partial charge in [0.1, 0.15) is 23.7 Å². The molecule has 0 aliphatic rings. The van der Waals surface area contributed by atoms with Gasteiger partial charge in [-0.15, -0.1) is 0 Å². The van der Waals surface area contributed by atoms with Gasteiger partial charge in [0, 0.05) is 38.1 Å². The highest BCUT2D eigenvalue weighted by Crippen LogP contribution is 2.31. The topological polar surface area (TPSA) is 125 Å². The number of nitrogens with two attached hydrogens (primary N) is 1. The number of ether oxygens (including phenoxy) is 2. The lowest BCUT2D eigenvalue weighted by atomic mass is 10.1. The summed E-state index contributed by atoms with van der Waals surface area (Å²) in [5, 5.41) is 12.1. The van der Waals surface area contributed by atoms with Crippen molar-refractivity contribution < 1.29 is 19.4 Å². The maximum atomic E-state index is 10.7. The van der Waals surface area contributed by atoms with Gasteiger partial charge < -0.3 is 30.2 Å². The van der Waals surface area contributed by atoms with E-state index in [1.54, 1.807) is 7.11 Å². The first-order valence-electron chi connectivity index (χ1n) is 11.3. The van der Waals surface area contributed by atoms with Crippen molar-refractivity contribution in [2.24, 2.45) is 0 Å². The third-order valence-electron chi connectivity index (χ3n) is 5.62. The zero-order valence-corrected chi connectivity index (χ0v) is 19.2. The molecule has 2 aromatic heterocycles. The van der Waals surface area contributed by atoms with Crippen LogP contribution in [0.3, 0.4) is 0 Å². The number of anilines is 1. The Morgan fingerprint density at radius 2 is 1.97 bits per heavy atom. The number of benzene rings is 2. The summed E-state index contributed by atoms with van der Waals surface area (Å²) in [5.74, 6) is 1.95. The number of methoxy groups -OCH3 is 1. The Hall–Kier alpha value is -3.85. The van der Waals surface area contributed by atoms with Crippen LogP contribution in [-0.4, -0.2) is 46.0 Å². The van der Waals surface area contributed by atoms with E-state index in [0.29, 0.717) is 56.2 Å². The molecule has 0 saturated carbocycles. The van der Waals surface area contributed by atoms with Crippen LogP contribution < -0.4 is 15.8 Å². The number of carbonyl (C=O) groups is 1. The summed E-state index contributed by atoms with van der Waals surface area (Å²) in [6.07, 6.45) is 1.13. The summed E-state index contributed by atoms with van der Waals surface area (Å²) in [5.41, 5.74) is 9.74. The van der Waals surface area contributed by atoms with E-state index in [1.807, 2.05) is 48.5 Å². The number of rotatable bonds is 11. The number of pyridine rings is 1. The lowest BCUT2D eigenvalue weighted by molar-refractivity contribution is 0.194. The van der Waals surface area contributed by atoms with Crippen molar-refractivity contribution in [3.63, 3.8) is 0 Å². The number of imidazole rings is 1. The highest BCUT2D eigenvalue weighted by atomic mass is 16.5. The molecule has 4 N–H and O–H groups in total. The fourth-order valence-corrected chi connectivity index (χ4v) is 3.98. The minimum Gasteiger partial charge on any atom is -0.489 e. The van der Waals surface area contributed by atoms with Gasteiger partial charge >= 0.3 is 6.09 Å². The lowest BCUT2D eigenvalue weighted by Crippen LogP contribution is -2.22. The minimum absolute atomic E-state index is 0.368. The van der Waals surface area contributed by atoms with E-state index in [-0.39, 0.29) is 0 Å². The Morgan fingerprint density at radius 1 is 1.15 bits per heavy atom. The molecule has 2 heterocycles. The van der Waals surface area contributed by atoms with Crippen molar-refractivity contribution in [2.45, 2.75) is 32.4 Å². The van der Waals surface area contributed by atoms with Gasteiger partial charge in [0.25, 0.3) is 0 Å². The minimum atomic E-state index is -1.01. The average molecular weight is 464 g/mol. The first-order chi connectivity index (χ1) is 16.6. The molecule has 0 aliphatic heterocycles. The lowest BCUT2D eigenvalue weighted by Gasteiger charge is -2.12. The molecule has 0 bridgehead atoms. The van der Waals surface area contributed by atoms with Crippen LogP contribution in [0.4, 0.5) is 10.6 Å². The number of nitrogens with zero attached hydrogens (tertiary/aromatic N) is 3. The molecule has 4 rings (SSSR count). The number of unbranched alkanes of at least 4 members (excludes halogenated alkanes) is 1. The molecule has 34 heavy (non-hydrogen) atoms. The molecule has 0 radical (unpaired) electrons. The molecule has 0 spiro atoms. The molecule has 4 aromatic rings. The second-order valence-electron chi connectivity index (χ2n) is 8.01. The Morgan fingerprint density at radius 3 is 2.74 bits per heavy atom. The molecule has 0 atom stereocenters. The van der Waals surface area contributed by atoms with Gasteiger partial charge in [0.15, 0.2) is 5.82 Å². The number of aromatic nitrogens is 3. The van der Waals surface area contributed by atoms with Gasteiger partial charge in [0.2, 0.25) is 0 Å². The third kappa shape index (κ3) is 5.37. The van der Waals surface area contributed by atoms with Crippen LogP contribution in [-0.2, 0) is 24.3 Å². The second-order valence-corrected chi connectivity index (χ2v) is 8.01. The molecule has 0 saturated heterocycles. The number of amides is 1. The Kier molecular flexibility index (Phi) is 7.44. The largest absolute Gasteiger partial charge is 0.489 e. The maximum absolute atomic E-state index is 10.7. The molecule has 0 aliphatic carbocycles. The van der Waals surface area contributed by atoms with Gasteiger partial charge in [-0.1, -0.05) is 30.3 Å². The van der Waals surface area contributed by atoms with E-state index in [4.69, 9.17) is 25.3 Å². The second kappa shape index (κ2) is 10.8. The highest BCUT2D eigenvalue weighted by Gasteiger charge is 2.17. The molecule has 178 valence electrons. The van der Waals surface area contributed by atoms with E-state index in [1.165, 1.54) is 0 Å². The maximum Gasteiger partial charge on any atom is 0.404 e. The quantitative estimate of drug-likeness (QED) is 0.287. The first kappa shape index (κ1) is 23.3. The molecule has 1 amide bonds. The Balaban J connectivity index is 1.65. The summed E-state index contributed by atoms with van der Waals surface area (Å²) in [7, 11) is 1.66. The van der Waals surface area contributed by atoms with Crippen LogP contribution >= 0.6 is 0 Å². The normalized spacial score (nSPS) is 11.2. The molecular formula is C25H29N5O4. The molecule has 9 nitrogen and oxygen atoms in total. The van der Waals surface area contributed by atoms with E-state index in [9.17, 15) is 4.79 Å². The van der Waals surface area contributed by atoms with Crippen LogP contribution in [0.25, 0.3) is 21.9 Å². The highest BCUT2D eigenvalue weighted by molar-refractivity contribution is 6.06. The van der Waals surface area contributed by atoms with Crippen molar-refractivity contribution >= 4 is 33.8 Å². The standard InChI is InChI=1S/C25H29N5O4/c1-33-14-11-21-29-22-23(30(21)13-6-5-12-27-25(31)32)19-10-9-18(15-20(19)28-24(22)26)34-16-17-7-3-2-4-8-17/h2-4,7-10,15,27H,5-6,11-14,16H2,1H3,(H2,26,28)(H,31,32). The monoisotopic (exact) mass is 463 g/mol. The molecular weight excluding hydrogens is 434 g/mol. The smallest absolute Gasteiger partial charge is 0.404 e. The molecule has 2 aromatic carbocycles. The van der Waals surface area contributed by atoms with Crippen molar-refractivity contribution in [2.75, 3.05) is 26.0 Å². The predicted octanol–water partition coefficient (Wildman–Crippen LogP) is 3.98. The Bertz CT molecular complexity index is 1270. The summed E-state index contributed by atoms with van der Waals surface area (Å²) < 4.78 is 13.4. The van der Waals surface area contributed by atoms with Crippen LogP contribution in [0.15, 0.2) is 48.5 Å². The first-order valence-corrected chi connectivity index (χ1v) is 11.3. The number of carboxylic acid groups (broad SMARTS) is 1. The zero-order valence-electron chi connectivity index (χ0n) is 19.2. The number of aryl methyl sites for hydroxylation is 1. The van der Waals surface area contributed by atoms with Crippen LogP contribution in [0.5, 0.6) is 5.75 Å². The molecule has 9 heteroatoms. The van der Waals surface area contributed by atoms with Crippen molar-refractivity contribution in [3.8, 4) is 5.75 Å². The van der Waals surface area contributed by atoms with E-state index >= 15 is 0 Å². The van der Waals surface area contributed by atoms with Gasteiger partial charge in [0.05, 0.1) is 17.6 Å². The van der Waals surface area contributed by atoms with Gasteiger partial charge in [-0.05, 0) is 30.5 Å². The number of fused-ring (bicyclic) bond motifs is 3. The van der Waals surface area contributed by atoms with Crippen molar-refractivity contribution in [1.29, 1.82) is 0 Å². The van der Waals surface area contributed by atoms with Crippen LogP contribution in [0.2, 0.25) is 0 Å². The van der Waals surface area contributed by atoms with Crippen molar-refractivity contribution in [1.82, 2.24) is 19.9 Å². The van der Waals surface area contributed by atoms with Crippen LogP contribution in [0.1, 0.15) is 24.2 Å². The summed E-state index contributed by atoms with van der Waals surface area (Å²) in [4.78, 5) is 20.1. The number of hydrogen-bond acceptors (Lipinski definition) is 6. The average Bonchev–Trinajstić information content (AvgIpc) is 3.20. The molecule has 0 fully saturated rings.